The van der Waals surface area contributed by atoms with Crippen LogP contribution >= 0.6 is 0 Å². The van der Waals surface area contributed by atoms with E-state index in [1.54, 1.807) is 18.2 Å². The number of carbonyl (C=O) groups excluding carboxylic acids is 1. The summed E-state index contributed by atoms with van der Waals surface area (Å²) in [6.07, 6.45) is 6.43. The molecule has 3 aliphatic carbocycles. The number of hydrogen-bond donors (Lipinski definition) is 2. The molecule has 3 heterocycles. The quantitative estimate of drug-likeness (QED) is 0.634. The number of phenols is 1. The zero-order valence-electron chi connectivity index (χ0n) is 21.6. The third-order valence-electron chi connectivity index (χ3n) is 10.9. The predicted octanol–water partition coefficient (Wildman–Crippen LogP) is 3.56. The topological polar surface area (TPSA) is 73.2 Å². The van der Waals surface area contributed by atoms with Crippen LogP contribution in [0.5, 0.6) is 11.5 Å². The standard InChI is InChI=1S/C31H35FN2O4/c32-22-6-3-18(4-7-22)15-21-10-13-34(29(21)36)23-9-11-31(37)25-16-20-5-8-24(35)27-26(20)30(31,28(23)38-27)12-14-33(25)17-19-1-2-19/h3-8,19,21,23,25,28,35,37H,1-2,9-17H2/t21?,23-,25+,28-,30-,31?/m0/s1. The molecule has 0 aromatic heterocycles. The van der Waals surface area contributed by atoms with Crippen LogP contribution in [0.1, 0.15) is 55.2 Å². The maximum absolute atomic E-state index is 13.8. The number of phenolic OH excluding ortho intramolecular Hbond substituents is 1. The molecule has 2 saturated carbocycles. The van der Waals surface area contributed by atoms with Gasteiger partial charge in [0, 0.05) is 30.6 Å². The molecule has 200 valence electrons. The predicted molar refractivity (Wildman–Crippen MR) is 139 cm³/mol. The van der Waals surface area contributed by atoms with E-state index in [1.165, 1.54) is 30.5 Å². The van der Waals surface area contributed by atoms with Gasteiger partial charge in [0.05, 0.1) is 17.1 Å². The lowest BCUT2D eigenvalue weighted by Gasteiger charge is -2.64. The van der Waals surface area contributed by atoms with E-state index in [1.807, 2.05) is 11.0 Å². The lowest BCUT2D eigenvalue weighted by atomic mass is 9.48. The van der Waals surface area contributed by atoms with Crippen LogP contribution in [0.2, 0.25) is 0 Å². The number of rotatable bonds is 5. The van der Waals surface area contributed by atoms with Gasteiger partial charge in [-0.25, -0.2) is 4.39 Å². The Morgan fingerprint density at radius 2 is 1.84 bits per heavy atom. The van der Waals surface area contributed by atoms with Crippen molar-refractivity contribution in [1.29, 1.82) is 0 Å². The highest BCUT2D eigenvalue weighted by molar-refractivity contribution is 5.82. The first kappa shape index (κ1) is 23.3. The van der Waals surface area contributed by atoms with Gasteiger partial charge in [0.15, 0.2) is 11.5 Å². The second kappa shape index (κ2) is 7.95. The van der Waals surface area contributed by atoms with Crippen molar-refractivity contribution >= 4 is 5.91 Å². The van der Waals surface area contributed by atoms with E-state index in [2.05, 4.69) is 4.90 Å². The van der Waals surface area contributed by atoms with Crippen molar-refractivity contribution in [2.75, 3.05) is 19.6 Å². The molecule has 3 aliphatic heterocycles. The van der Waals surface area contributed by atoms with Gasteiger partial charge >= 0.3 is 0 Å². The van der Waals surface area contributed by atoms with Gasteiger partial charge in [-0.1, -0.05) is 18.2 Å². The molecule has 6 aliphatic rings. The first-order valence-corrected chi connectivity index (χ1v) is 14.4. The summed E-state index contributed by atoms with van der Waals surface area (Å²) in [4.78, 5) is 18.3. The van der Waals surface area contributed by atoms with Crippen molar-refractivity contribution in [3.8, 4) is 11.5 Å². The average molecular weight is 519 g/mol. The molecule has 6 atom stereocenters. The Hall–Kier alpha value is -2.64. The summed E-state index contributed by atoms with van der Waals surface area (Å²) < 4.78 is 20.1. The van der Waals surface area contributed by atoms with Gasteiger partial charge in [-0.2, -0.15) is 0 Å². The molecule has 0 radical (unpaired) electrons. The van der Waals surface area contributed by atoms with E-state index in [9.17, 15) is 19.4 Å². The summed E-state index contributed by atoms with van der Waals surface area (Å²) in [6, 6.07) is 10.1. The second-order valence-corrected chi connectivity index (χ2v) is 12.7. The summed E-state index contributed by atoms with van der Waals surface area (Å²) in [5.41, 5.74) is 1.60. The summed E-state index contributed by atoms with van der Waals surface area (Å²) >= 11 is 0. The molecule has 2 saturated heterocycles. The van der Waals surface area contributed by atoms with Crippen LogP contribution in [0, 0.1) is 17.7 Å². The molecule has 6 nitrogen and oxygen atoms in total. The van der Waals surface area contributed by atoms with Crippen molar-refractivity contribution < 1.29 is 24.1 Å². The molecule has 8 rings (SSSR count). The largest absolute Gasteiger partial charge is 0.504 e. The molecular weight excluding hydrogens is 483 g/mol. The molecule has 38 heavy (non-hydrogen) atoms. The van der Waals surface area contributed by atoms with E-state index < -0.39 is 11.0 Å². The van der Waals surface area contributed by atoms with Crippen molar-refractivity contribution in [2.24, 2.45) is 11.8 Å². The third kappa shape index (κ3) is 3.03. The van der Waals surface area contributed by atoms with Crippen molar-refractivity contribution in [3.63, 3.8) is 0 Å². The Kier molecular flexibility index (Phi) is 4.87. The zero-order valence-corrected chi connectivity index (χ0v) is 21.6. The number of nitrogens with zero attached hydrogens (tertiary/aromatic N) is 2. The lowest BCUT2D eigenvalue weighted by Crippen LogP contribution is -2.78. The van der Waals surface area contributed by atoms with Crippen LogP contribution in [0.25, 0.3) is 0 Å². The fourth-order valence-electron chi connectivity index (χ4n) is 8.96. The molecule has 4 fully saturated rings. The normalized spacial score (nSPS) is 37.3. The number of hydrogen-bond acceptors (Lipinski definition) is 5. The summed E-state index contributed by atoms with van der Waals surface area (Å²) in [7, 11) is 0. The zero-order chi connectivity index (χ0) is 25.8. The minimum absolute atomic E-state index is 0.0346. The Balaban J connectivity index is 1.14. The van der Waals surface area contributed by atoms with Gasteiger partial charge < -0.3 is 19.8 Å². The van der Waals surface area contributed by atoms with Crippen LogP contribution < -0.4 is 4.74 Å². The Bertz CT molecular complexity index is 1310. The first-order chi connectivity index (χ1) is 18.4. The number of carbonyl (C=O) groups is 1. The van der Waals surface area contributed by atoms with Gasteiger partial charge in [-0.3, -0.25) is 9.69 Å². The molecule has 1 spiro atoms. The van der Waals surface area contributed by atoms with Crippen molar-refractivity contribution in [2.45, 2.75) is 80.6 Å². The number of ether oxygens (including phenoxy) is 1. The maximum atomic E-state index is 13.8. The van der Waals surface area contributed by atoms with E-state index in [0.717, 1.165) is 49.4 Å². The van der Waals surface area contributed by atoms with Crippen LogP contribution in [0.3, 0.4) is 0 Å². The highest BCUT2D eigenvalue weighted by atomic mass is 19.1. The maximum Gasteiger partial charge on any atom is 0.226 e. The minimum Gasteiger partial charge on any atom is -0.504 e. The van der Waals surface area contributed by atoms with Crippen molar-refractivity contribution in [1.82, 2.24) is 9.80 Å². The summed E-state index contributed by atoms with van der Waals surface area (Å²) in [5.74, 6) is 1.14. The minimum atomic E-state index is -0.941. The first-order valence-electron chi connectivity index (χ1n) is 14.4. The number of aliphatic hydroxyl groups is 1. The lowest BCUT2D eigenvalue weighted by molar-refractivity contribution is -0.200. The van der Waals surface area contributed by atoms with Crippen LogP contribution in [-0.2, 0) is 23.1 Å². The summed E-state index contributed by atoms with van der Waals surface area (Å²) in [5, 5.41) is 23.5. The number of likely N-dealkylation sites (tertiary alicyclic amines) is 2. The number of halogens is 1. The molecule has 1 amide bonds. The molecule has 2 aromatic carbocycles. The number of piperidine rings is 1. The monoisotopic (exact) mass is 518 g/mol. The van der Waals surface area contributed by atoms with Gasteiger partial charge in [0.25, 0.3) is 0 Å². The summed E-state index contributed by atoms with van der Waals surface area (Å²) in [6.45, 7) is 2.62. The highest BCUT2D eigenvalue weighted by Gasteiger charge is 2.73. The van der Waals surface area contributed by atoms with Gasteiger partial charge in [0.2, 0.25) is 5.91 Å². The number of benzene rings is 2. The number of amides is 1. The van der Waals surface area contributed by atoms with Gasteiger partial charge in [-0.05, 0) is 93.2 Å². The molecule has 7 heteroatoms. The van der Waals surface area contributed by atoms with E-state index in [4.69, 9.17) is 4.74 Å². The van der Waals surface area contributed by atoms with E-state index >= 15 is 0 Å². The molecular formula is C31H35FN2O4. The Morgan fingerprint density at radius 1 is 1.03 bits per heavy atom. The van der Waals surface area contributed by atoms with Crippen LogP contribution in [-0.4, -0.2) is 69.3 Å². The average Bonchev–Trinajstić information content (AvgIpc) is 3.55. The van der Waals surface area contributed by atoms with Crippen LogP contribution in [0.15, 0.2) is 36.4 Å². The molecule has 2 aromatic rings. The third-order valence-corrected chi connectivity index (χ3v) is 10.9. The van der Waals surface area contributed by atoms with E-state index in [-0.39, 0.29) is 41.6 Å². The Morgan fingerprint density at radius 3 is 2.63 bits per heavy atom. The SMILES string of the molecule is O=C1C(Cc2ccc(F)cc2)CCN1[C@H]1CCC2(O)[C@H]3Cc4ccc(O)c5c4[C@@]2(CCN3CC2CC2)[C@H]1O5. The molecule has 2 unspecified atom stereocenters. The number of aromatic hydroxyl groups is 1. The van der Waals surface area contributed by atoms with Crippen LogP contribution in [0.4, 0.5) is 4.39 Å². The van der Waals surface area contributed by atoms with E-state index in [0.29, 0.717) is 31.6 Å². The van der Waals surface area contributed by atoms with Gasteiger partial charge in [-0.15, -0.1) is 0 Å². The molecule has 2 N–H and O–H groups in total. The fraction of sp³-hybridized carbons (Fsp3) is 0.581. The van der Waals surface area contributed by atoms with Gasteiger partial charge in [0.1, 0.15) is 11.9 Å². The second-order valence-electron chi connectivity index (χ2n) is 12.7. The van der Waals surface area contributed by atoms with Crippen molar-refractivity contribution in [3.05, 3.63) is 58.9 Å². The molecule has 2 bridgehead atoms. The fourth-order valence-corrected chi connectivity index (χ4v) is 8.96. The smallest absolute Gasteiger partial charge is 0.226 e. The highest BCUT2D eigenvalue weighted by Crippen LogP contribution is 2.66. The Labute approximate surface area is 222 Å².